The molecule has 0 aliphatic carbocycles. The Balaban J connectivity index is 2.04. The molecule has 0 N–H and O–H groups in total. The SMILES string of the molecule is CCOC(=O)c1csc(N2CCSC(C)(C)CC2)n1. The summed E-state index contributed by atoms with van der Waals surface area (Å²) in [6.07, 6.45) is 1.13. The minimum absolute atomic E-state index is 0.325. The Hall–Kier alpha value is -0.750. The molecule has 0 unspecified atom stereocenters. The molecule has 1 aromatic heterocycles. The molecule has 0 spiro atoms. The molecule has 106 valence electrons. The second-order valence-electron chi connectivity index (χ2n) is 5.08. The zero-order chi connectivity index (χ0) is 13.9. The van der Waals surface area contributed by atoms with Crippen LogP contribution in [0.1, 0.15) is 37.7 Å². The maximum atomic E-state index is 11.6. The number of ether oxygens (including phenoxy) is 1. The molecule has 0 radical (unpaired) electrons. The maximum absolute atomic E-state index is 11.6. The summed E-state index contributed by atoms with van der Waals surface area (Å²) in [6, 6.07) is 0. The van der Waals surface area contributed by atoms with Crippen LogP contribution in [-0.2, 0) is 4.74 Å². The summed E-state index contributed by atoms with van der Waals surface area (Å²) in [7, 11) is 0. The van der Waals surface area contributed by atoms with E-state index in [-0.39, 0.29) is 5.97 Å². The predicted molar refractivity (Wildman–Crippen MR) is 81.4 cm³/mol. The maximum Gasteiger partial charge on any atom is 0.357 e. The van der Waals surface area contributed by atoms with Crippen molar-refractivity contribution in [3.63, 3.8) is 0 Å². The second kappa shape index (κ2) is 6.13. The van der Waals surface area contributed by atoms with Crippen molar-refractivity contribution in [1.82, 2.24) is 4.98 Å². The van der Waals surface area contributed by atoms with Crippen LogP contribution in [-0.4, -0.2) is 41.1 Å². The Morgan fingerprint density at radius 3 is 3.05 bits per heavy atom. The van der Waals surface area contributed by atoms with Gasteiger partial charge in [0.2, 0.25) is 0 Å². The first-order valence-electron chi connectivity index (χ1n) is 6.53. The summed E-state index contributed by atoms with van der Waals surface area (Å²) in [5.74, 6) is 0.774. The monoisotopic (exact) mass is 300 g/mol. The number of nitrogens with zero attached hydrogens (tertiary/aromatic N) is 2. The zero-order valence-corrected chi connectivity index (χ0v) is 13.3. The van der Waals surface area contributed by atoms with E-state index >= 15 is 0 Å². The summed E-state index contributed by atoms with van der Waals surface area (Å²) in [5, 5.41) is 2.72. The largest absolute Gasteiger partial charge is 0.461 e. The molecule has 1 saturated heterocycles. The molecular weight excluding hydrogens is 280 g/mol. The van der Waals surface area contributed by atoms with Gasteiger partial charge in [-0.2, -0.15) is 11.8 Å². The predicted octanol–water partition coefficient (Wildman–Crippen LogP) is 3.04. The number of carbonyl (C=O) groups is 1. The van der Waals surface area contributed by atoms with Crippen molar-refractivity contribution in [2.45, 2.75) is 31.9 Å². The van der Waals surface area contributed by atoms with Gasteiger partial charge in [-0.25, -0.2) is 9.78 Å². The first-order valence-corrected chi connectivity index (χ1v) is 8.40. The van der Waals surface area contributed by atoms with Crippen LogP contribution in [0.4, 0.5) is 5.13 Å². The summed E-state index contributed by atoms with van der Waals surface area (Å²) in [4.78, 5) is 18.3. The van der Waals surface area contributed by atoms with E-state index in [2.05, 4.69) is 23.7 Å². The Kier molecular flexibility index (Phi) is 4.73. The van der Waals surface area contributed by atoms with E-state index in [1.807, 2.05) is 11.8 Å². The van der Waals surface area contributed by atoms with Crippen LogP contribution in [0.2, 0.25) is 0 Å². The number of anilines is 1. The highest BCUT2D eigenvalue weighted by molar-refractivity contribution is 8.00. The van der Waals surface area contributed by atoms with Gasteiger partial charge in [0.1, 0.15) is 0 Å². The van der Waals surface area contributed by atoms with Gasteiger partial charge in [0.25, 0.3) is 0 Å². The first-order chi connectivity index (χ1) is 9.02. The number of aromatic nitrogens is 1. The third kappa shape index (κ3) is 3.86. The molecular formula is C13H20N2O2S2. The highest BCUT2D eigenvalue weighted by Crippen LogP contribution is 2.33. The summed E-state index contributed by atoms with van der Waals surface area (Å²) in [5.41, 5.74) is 0.429. The summed E-state index contributed by atoms with van der Waals surface area (Å²) < 4.78 is 5.30. The van der Waals surface area contributed by atoms with Crippen molar-refractivity contribution >= 4 is 34.2 Å². The third-order valence-corrected chi connectivity index (χ3v) is 5.36. The Morgan fingerprint density at radius 1 is 1.53 bits per heavy atom. The lowest BCUT2D eigenvalue weighted by Crippen LogP contribution is -2.26. The minimum atomic E-state index is -0.325. The zero-order valence-electron chi connectivity index (χ0n) is 11.6. The molecule has 1 aliphatic rings. The van der Waals surface area contributed by atoms with Crippen molar-refractivity contribution < 1.29 is 9.53 Å². The molecule has 2 heterocycles. The molecule has 0 saturated carbocycles. The number of carbonyl (C=O) groups excluding carboxylic acids is 1. The average Bonchev–Trinajstić information content (AvgIpc) is 2.76. The molecule has 0 atom stereocenters. The standard InChI is InChI=1S/C13H20N2O2S2/c1-4-17-11(16)10-9-18-12(14-10)15-6-5-13(2,3)19-8-7-15/h9H,4-8H2,1-3H3. The number of thioether (sulfide) groups is 1. The molecule has 6 heteroatoms. The number of thiazole rings is 1. The Bertz CT molecular complexity index is 446. The van der Waals surface area contributed by atoms with E-state index in [1.54, 1.807) is 12.3 Å². The number of esters is 1. The van der Waals surface area contributed by atoms with E-state index in [9.17, 15) is 4.79 Å². The van der Waals surface area contributed by atoms with Gasteiger partial charge in [0.15, 0.2) is 10.8 Å². The Labute approximate surface area is 122 Å². The van der Waals surface area contributed by atoms with Gasteiger partial charge in [-0.15, -0.1) is 11.3 Å². The molecule has 1 aliphatic heterocycles. The highest BCUT2D eigenvalue weighted by atomic mass is 32.2. The fraction of sp³-hybridized carbons (Fsp3) is 0.692. The first kappa shape index (κ1) is 14.7. The van der Waals surface area contributed by atoms with Crippen LogP contribution < -0.4 is 4.90 Å². The average molecular weight is 300 g/mol. The van der Waals surface area contributed by atoms with Gasteiger partial charge in [-0.05, 0) is 13.3 Å². The van der Waals surface area contributed by atoms with Gasteiger partial charge in [-0.1, -0.05) is 13.8 Å². The van der Waals surface area contributed by atoms with Crippen molar-refractivity contribution in [2.75, 3.05) is 30.3 Å². The lowest BCUT2D eigenvalue weighted by atomic mass is 10.1. The number of hydrogen-bond donors (Lipinski definition) is 0. The molecule has 19 heavy (non-hydrogen) atoms. The van der Waals surface area contributed by atoms with E-state index in [1.165, 1.54) is 11.3 Å². The summed E-state index contributed by atoms with van der Waals surface area (Å²) in [6.45, 7) is 8.75. The molecule has 4 nitrogen and oxygen atoms in total. The molecule has 0 amide bonds. The molecule has 1 aromatic rings. The van der Waals surface area contributed by atoms with Crippen molar-refractivity contribution in [3.8, 4) is 0 Å². The lowest BCUT2D eigenvalue weighted by molar-refractivity contribution is 0.0520. The topological polar surface area (TPSA) is 42.4 Å². The number of hydrogen-bond acceptors (Lipinski definition) is 6. The van der Waals surface area contributed by atoms with Crippen molar-refractivity contribution in [2.24, 2.45) is 0 Å². The van der Waals surface area contributed by atoms with Gasteiger partial charge in [-0.3, -0.25) is 0 Å². The minimum Gasteiger partial charge on any atom is -0.461 e. The third-order valence-electron chi connectivity index (χ3n) is 3.08. The summed E-state index contributed by atoms with van der Waals surface area (Å²) >= 11 is 3.53. The van der Waals surface area contributed by atoms with Gasteiger partial charge in [0.05, 0.1) is 6.61 Å². The fourth-order valence-electron chi connectivity index (χ4n) is 1.92. The van der Waals surface area contributed by atoms with Gasteiger partial charge in [0, 0.05) is 29.0 Å². The quantitative estimate of drug-likeness (QED) is 0.803. The van der Waals surface area contributed by atoms with E-state index < -0.39 is 0 Å². The van der Waals surface area contributed by atoms with Gasteiger partial charge < -0.3 is 9.64 Å². The molecule has 0 bridgehead atoms. The van der Waals surface area contributed by atoms with E-state index in [0.717, 1.165) is 30.4 Å². The van der Waals surface area contributed by atoms with Crippen LogP contribution in [0.3, 0.4) is 0 Å². The highest BCUT2D eigenvalue weighted by Gasteiger charge is 2.25. The normalized spacial score (nSPS) is 19.0. The lowest BCUT2D eigenvalue weighted by Gasteiger charge is -2.22. The van der Waals surface area contributed by atoms with Crippen LogP contribution >= 0.6 is 23.1 Å². The fourth-order valence-corrected chi connectivity index (χ4v) is 3.87. The molecule has 0 aromatic carbocycles. The van der Waals surface area contributed by atoms with E-state index in [4.69, 9.17) is 4.74 Å². The van der Waals surface area contributed by atoms with Gasteiger partial charge >= 0.3 is 5.97 Å². The van der Waals surface area contributed by atoms with Crippen molar-refractivity contribution in [3.05, 3.63) is 11.1 Å². The Morgan fingerprint density at radius 2 is 2.32 bits per heavy atom. The van der Waals surface area contributed by atoms with Crippen LogP contribution in [0.25, 0.3) is 0 Å². The molecule has 1 fully saturated rings. The smallest absolute Gasteiger partial charge is 0.357 e. The number of rotatable bonds is 3. The van der Waals surface area contributed by atoms with Crippen molar-refractivity contribution in [1.29, 1.82) is 0 Å². The van der Waals surface area contributed by atoms with Crippen LogP contribution in [0, 0.1) is 0 Å². The molecule has 2 rings (SSSR count). The second-order valence-corrected chi connectivity index (χ2v) is 7.72. The van der Waals surface area contributed by atoms with E-state index in [0.29, 0.717) is 17.0 Å². The van der Waals surface area contributed by atoms with Crippen LogP contribution in [0.5, 0.6) is 0 Å². The van der Waals surface area contributed by atoms with Crippen LogP contribution in [0.15, 0.2) is 5.38 Å².